The van der Waals surface area contributed by atoms with Crippen molar-refractivity contribution in [1.29, 1.82) is 0 Å². The van der Waals surface area contributed by atoms with E-state index in [0.717, 1.165) is 12.2 Å². The average molecular weight is 331 g/mol. The predicted octanol–water partition coefficient (Wildman–Crippen LogP) is 5.28. The molecule has 0 N–H and O–H groups in total. The third-order valence-electron chi connectivity index (χ3n) is 5.15. The molecule has 3 aromatic rings. The van der Waals surface area contributed by atoms with Crippen molar-refractivity contribution < 1.29 is 0 Å². The highest BCUT2D eigenvalue weighted by atomic mass is 15.2. The van der Waals surface area contributed by atoms with Crippen LogP contribution in [0.1, 0.15) is 31.0 Å². The molecule has 1 aromatic heterocycles. The zero-order valence-corrected chi connectivity index (χ0v) is 15.5. The van der Waals surface area contributed by atoms with Gasteiger partial charge in [0.2, 0.25) is 0 Å². The summed E-state index contributed by atoms with van der Waals surface area (Å²) in [6.45, 7) is 9.69. The van der Waals surface area contributed by atoms with E-state index in [1.54, 1.807) is 0 Å². The molecule has 3 nitrogen and oxygen atoms in total. The molecule has 0 fully saturated rings. The van der Waals surface area contributed by atoms with E-state index < -0.39 is 0 Å². The van der Waals surface area contributed by atoms with Crippen LogP contribution in [0.15, 0.2) is 55.2 Å². The van der Waals surface area contributed by atoms with Gasteiger partial charge in [0.15, 0.2) is 0 Å². The number of benzene rings is 2. The number of aromatic nitrogens is 1. The van der Waals surface area contributed by atoms with Gasteiger partial charge in [-0.15, -0.1) is 0 Å². The number of nitrogens with zero attached hydrogens (tertiary/aromatic N) is 3. The summed E-state index contributed by atoms with van der Waals surface area (Å²) in [5.41, 5.74) is 7.40. The van der Waals surface area contributed by atoms with Crippen LogP contribution < -0.4 is 9.80 Å². The first-order valence-electron chi connectivity index (χ1n) is 8.83. The van der Waals surface area contributed by atoms with Gasteiger partial charge in [-0.05, 0) is 55.8 Å². The predicted molar refractivity (Wildman–Crippen MR) is 108 cm³/mol. The number of fused-ring (bicyclic) bond motifs is 2. The Bertz CT molecular complexity index is 963. The first kappa shape index (κ1) is 15.8. The van der Waals surface area contributed by atoms with Gasteiger partial charge in [0.05, 0.1) is 0 Å². The normalized spacial score (nSPS) is 13.8. The molecule has 0 atom stereocenters. The Kier molecular flexibility index (Phi) is 3.60. The second-order valence-electron chi connectivity index (χ2n) is 7.33. The van der Waals surface area contributed by atoms with Gasteiger partial charge in [-0.2, -0.15) is 0 Å². The minimum atomic E-state index is 0.471. The molecule has 0 aliphatic carbocycles. The zero-order valence-electron chi connectivity index (χ0n) is 15.5. The second-order valence-corrected chi connectivity index (χ2v) is 7.33. The molecule has 128 valence electrons. The highest BCUT2D eigenvalue weighted by Gasteiger charge is 2.24. The third-order valence-corrected chi connectivity index (χ3v) is 5.15. The Morgan fingerprint density at radius 2 is 1.84 bits per heavy atom. The van der Waals surface area contributed by atoms with Crippen molar-refractivity contribution in [2.75, 3.05) is 23.9 Å². The van der Waals surface area contributed by atoms with Crippen LogP contribution in [0.2, 0.25) is 0 Å². The second kappa shape index (κ2) is 5.69. The van der Waals surface area contributed by atoms with Gasteiger partial charge in [-0.1, -0.05) is 12.6 Å². The van der Waals surface area contributed by atoms with Gasteiger partial charge >= 0.3 is 0 Å². The van der Waals surface area contributed by atoms with E-state index >= 15 is 0 Å². The highest BCUT2D eigenvalue weighted by molar-refractivity contribution is 5.90. The molecule has 0 amide bonds. The van der Waals surface area contributed by atoms with Crippen LogP contribution in [0.3, 0.4) is 0 Å². The number of rotatable bonds is 3. The summed E-state index contributed by atoms with van der Waals surface area (Å²) < 4.78 is 2.32. The fraction of sp³-hybridized carbons (Fsp3) is 0.273. The van der Waals surface area contributed by atoms with Crippen LogP contribution >= 0.6 is 0 Å². The van der Waals surface area contributed by atoms with Gasteiger partial charge in [0, 0.05) is 66.4 Å². The van der Waals surface area contributed by atoms with E-state index in [2.05, 4.69) is 97.6 Å². The lowest BCUT2D eigenvalue weighted by atomic mass is 10.1. The fourth-order valence-electron chi connectivity index (χ4n) is 3.68. The quantitative estimate of drug-likeness (QED) is 0.647. The van der Waals surface area contributed by atoms with Crippen LogP contribution in [0, 0.1) is 0 Å². The first-order valence-corrected chi connectivity index (χ1v) is 8.83. The van der Waals surface area contributed by atoms with E-state index in [4.69, 9.17) is 0 Å². The molecule has 0 spiro atoms. The first-order chi connectivity index (χ1) is 12.0. The summed E-state index contributed by atoms with van der Waals surface area (Å²) in [6, 6.07) is 16.0. The lowest BCUT2D eigenvalue weighted by Gasteiger charge is -2.20. The van der Waals surface area contributed by atoms with Gasteiger partial charge in [-0.25, -0.2) is 0 Å². The molecule has 0 saturated carbocycles. The van der Waals surface area contributed by atoms with Gasteiger partial charge < -0.3 is 14.4 Å². The third kappa shape index (κ3) is 2.51. The van der Waals surface area contributed by atoms with Crippen molar-refractivity contribution in [3.63, 3.8) is 0 Å². The molecule has 0 unspecified atom stereocenters. The maximum absolute atomic E-state index is 4.37. The molecule has 1 aliphatic heterocycles. The Hall–Kier alpha value is -2.68. The lowest BCUT2D eigenvalue weighted by Crippen LogP contribution is -2.12. The minimum Gasteiger partial charge on any atom is -0.378 e. The topological polar surface area (TPSA) is 11.4 Å². The molecule has 0 saturated heterocycles. The van der Waals surface area contributed by atoms with Crippen LogP contribution in [0.5, 0.6) is 0 Å². The van der Waals surface area contributed by atoms with Gasteiger partial charge in [0.1, 0.15) is 0 Å². The van der Waals surface area contributed by atoms with Crippen LogP contribution in [0.4, 0.5) is 11.4 Å². The molecule has 4 rings (SSSR count). The van der Waals surface area contributed by atoms with Crippen LogP contribution in [-0.4, -0.2) is 18.7 Å². The van der Waals surface area contributed by atoms with Crippen LogP contribution in [0.25, 0.3) is 16.6 Å². The Morgan fingerprint density at radius 3 is 2.56 bits per heavy atom. The Morgan fingerprint density at radius 1 is 1.04 bits per heavy atom. The maximum atomic E-state index is 4.37. The van der Waals surface area contributed by atoms with Crippen molar-refractivity contribution in [1.82, 2.24) is 4.57 Å². The number of anilines is 2. The maximum Gasteiger partial charge on any atom is 0.0488 e. The highest BCUT2D eigenvalue weighted by Crippen LogP contribution is 2.38. The van der Waals surface area contributed by atoms with E-state index in [9.17, 15) is 0 Å². The largest absolute Gasteiger partial charge is 0.378 e. The van der Waals surface area contributed by atoms with Crippen molar-refractivity contribution in [3.8, 4) is 0 Å². The molecule has 0 radical (unpaired) electrons. The van der Waals surface area contributed by atoms with Crippen molar-refractivity contribution >= 4 is 28.0 Å². The van der Waals surface area contributed by atoms with Gasteiger partial charge in [0.25, 0.3) is 0 Å². The molecule has 3 heteroatoms. The average Bonchev–Trinajstić information content (AvgIpc) is 3.15. The number of hydrogen-bond acceptors (Lipinski definition) is 2. The molecule has 0 bridgehead atoms. The van der Waals surface area contributed by atoms with Gasteiger partial charge in [-0.3, -0.25) is 0 Å². The zero-order chi connectivity index (χ0) is 17.7. The van der Waals surface area contributed by atoms with E-state index in [0.29, 0.717) is 6.04 Å². The van der Waals surface area contributed by atoms with E-state index in [1.165, 1.54) is 33.4 Å². The fourth-order valence-corrected chi connectivity index (χ4v) is 3.68. The minimum absolute atomic E-state index is 0.471. The molecular weight excluding hydrogens is 306 g/mol. The molecule has 2 heterocycles. The van der Waals surface area contributed by atoms with Crippen molar-refractivity contribution in [2.45, 2.75) is 26.4 Å². The summed E-state index contributed by atoms with van der Waals surface area (Å²) in [5, 5.41) is 1.28. The molecule has 1 aliphatic rings. The summed E-state index contributed by atoms with van der Waals surface area (Å²) in [7, 11) is 4.15. The number of hydrogen-bond donors (Lipinski definition) is 0. The summed E-state index contributed by atoms with van der Waals surface area (Å²) in [6.07, 6.45) is 2.18. The molecule has 25 heavy (non-hydrogen) atoms. The van der Waals surface area contributed by atoms with E-state index in [1.807, 2.05) is 0 Å². The van der Waals surface area contributed by atoms with Crippen LogP contribution in [-0.2, 0) is 6.54 Å². The van der Waals surface area contributed by atoms with Crippen molar-refractivity contribution in [2.24, 2.45) is 0 Å². The lowest BCUT2D eigenvalue weighted by molar-refractivity contribution is 0.623. The smallest absolute Gasteiger partial charge is 0.0488 e. The summed E-state index contributed by atoms with van der Waals surface area (Å²) in [4.78, 5) is 4.45. The summed E-state index contributed by atoms with van der Waals surface area (Å²) >= 11 is 0. The summed E-state index contributed by atoms with van der Waals surface area (Å²) in [5.74, 6) is 0. The Balaban J connectivity index is 1.71. The SMILES string of the molecule is C=C1c2cc(N(C)C)ccc2CN1c1ccc2c(ccn2C(C)C)c1. The van der Waals surface area contributed by atoms with E-state index in [-0.39, 0.29) is 0 Å². The standard InChI is InChI=1S/C22H25N3/c1-15(2)24-11-10-17-12-20(8-9-22(17)24)25-14-18-6-7-19(23(4)5)13-21(18)16(25)3/h6-13,15H,3,14H2,1-2,4-5H3. The monoisotopic (exact) mass is 331 g/mol. The molecular formula is C22H25N3. The molecule has 2 aromatic carbocycles. The van der Waals surface area contributed by atoms with Crippen molar-refractivity contribution in [3.05, 3.63) is 66.4 Å². The Labute approximate surface area is 149 Å².